The fourth-order valence-corrected chi connectivity index (χ4v) is 1.88. The van der Waals surface area contributed by atoms with E-state index in [9.17, 15) is 5.11 Å². The summed E-state index contributed by atoms with van der Waals surface area (Å²) in [7, 11) is 0. The number of hydrogen-bond acceptors (Lipinski definition) is 4. The highest BCUT2D eigenvalue weighted by Crippen LogP contribution is 2.09. The van der Waals surface area contributed by atoms with Crippen molar-refractivity contribution in [2.45, 2.75) is 38.5 Å². The molecule has 0 amide bonds. The van der Waals surface area contributed by atoms with Crippen LogP contribution in [0.5, 0.6) is 0 Å². The molecule has 4 nitrogen and oxygen atoms in total. The molecule has 1 fully saturated rings. The number of nitrogens with zero attached hydrogens (tertiary/aromatic N) is 1. The Balaban J connectivity index is 2.37. The molecule has 2 atom stereocenters. The van der Waals surface area contributed by atoms with Crippen LogP contribution in [-0.4, -0.2) is 59.5 Å². The van der Waals surface area contributed by atoms with Gasteiger partial charge >= 0.3 is 0 Å². The molecule has 0 spiro atoms. The second kappa shape index (κ2) is 5.66. The van der Waals surface area contributed by atoms with E-state index in [1.54, 1.807) is 0 Å². The van der Waals surface area contributed by atoms with Crippen LogP contribution in [-0.2, 0) is 0 Å². The highest BCUT2D eigenvalue weighted by atomic mass is 16.3. The van der Waals surface area contributed by atoms with Gasteiger partial charge < -0.3 is 15.5 Å². The fourth-order valence-electron chi connectivity index (χ4n) is 1.88. The molecule has 1 aliphatic heterocycles. The van der Waals surface area contributed by atoms with Gasteiger partial charge in [-0.15, -0.1) is 0 Å². The van der Waals surface area contributed by atoms with E-state index in [2.05, 4.69) is 24.1 Å². The molecule has 3 N–H and O–H groups in total. The minimum Gasteiger partial charge on any atom is -0.395 e. The predicted molar refractivity (Wildman–Crippen MR) is 56.2 cm³/mol. The summed E-state index contributed by atoms with van der Waals surface area (Å²) in [5, 5.41) is 21.8. The Bertz CT molecular complexity index is 164. The van der Waals surface area contributed by atoms with Crippen LogP contribution < -0.4 is 5.32 Å². The number of nitrogens with one attached hydrogen (secondary N) is 1. The molecule has 0 aromatic carbocycles. The Labute approximate surface area is 85.9 Å². The zero-order valence-electron chi connectivity index (χ0n) is 9.11. The normalized spacial score (nSPS) is 27.9. The van der Waals surface area contributed by atoms with E-state index < -0.39 is 0 Å². The Morgan fingerprint density at radius 3 is 2.64 bits per heavy atom. The largest absolute Gasteiger partial charge is 0.395 e. The zero-order chi connectivity index (χ0) is 10.6. The Morgan fingerprint density at radius 1 is 1.50 bits per heavy atom. The Morgan fingerprint density at radius 2 is 2.21 bits per heavy atom. The summed E-state index contributed by atoms with van der Waals surface area (Å²) >= 11 is 0. The quantitative estimate of drug-likeness (QED) is 0.558. The molecule has 1 heterocycles. The van der Waals surface area contributed by atoms with Gasteiger partial charge in [-0.2, -0.15) is 0 Å². The van der Waals surface area contributed by atoms with Crippen molar-refractivity contribution in [1.29, 1.82) is 0 Å². The predicted octanol–water partition coefficient (Wildman–Crippen LogP) is -0.588. The standard InChI is InChI=1S/C10H22N2O2/c1-8(2)12(5-6-13)7-9-10(14)3-4-11-9/h8-11,13-14H,3-7H2,1-2H3. The van der Waals surface area contributed by atoms with Gasteiger partial charge in [-0.3, -0.25) is 4.90 Å². The highest BCUT2D eigenvalue weighted by molar-refractivity contribution is 4.86. The molecule has 14 heavy (non-hydrogen) atoms. The van der Waals surface area contributed by atoms with Gasteiger partial charge in [0.15, 0.2) is 0 Å². The average Bonchev–Trinajstić information content (AvgIpc) is 2.51. The van der Waals surface area contributed by atoms with Gasteiger partial charge in [-0.1, -0.05) is 0 Å². The van der Waals surface area contributed by atoms with Crippen LogP contribution in [0.25, 0.3) is 0 Å². The van der Waals surface area contributed by atoms with Crippen LogP contribution in [0.2, 0.25) is 0 Å². The third-order valence-corrected chi connectivity index (χ3v) is 2.86. The fraction of sp³-hybridized carbons (Fsp3) is 1.00. The lowest BCUT2D eigenvalue weighted by Gasteiger charge is -2.29. The van der Waals surface area contributed by atoms with Crippen molar-refractivity contribution >= 4 is 0 Å². The lowest BCUT2D eigenvalue weighted by Crippen LogP contribution is -2.46. The number of hydrogen-bond donors (Lipinski definition) is 3. The highest BCUT2D eigenvalue weighted by Gasteiger charge is 2.26. The third kappa shape index (κ3) is 3.20. The van der Waals surface area contributed by atoms with Crippen LogP contribution in [0.15, 0.2) is 0 Å². The van der Waals surface area contributed by atoms with Gasteiger partial charge in [-0.05, 0) is 26.8 Å². The molecule has 2 unspecified atom stereocenters. The molecule has 0 radical (unpaired) electrons. The molecule has 4 heteroatoms. The van der Waals surface area contributed by atoms with Crippen molar-refractivity contribution in [3.05, 3.63) is 0 Å². The summed E-state index contributed by atoms with van der Waals surface area (Å²) in [6.45, 7) is 6.80. The summed E-state index contributed by atoms with van der Waals surface area (Å²) in [5.74, 6) is 0. The second-order valence-electron chi connectivity index (χ2n) is 4.23. The van der Waals surface area contributed by atoms with Gasteiger partial charge in [-0.25, -0.2) is 0 Å². The molecule has 0 aromatic rings. The first-order chi connectivity index (χ1) is 6.65. The number of aliphatic hydroxyl groups is 2. The van der Waals surface area contributed by atoms with E-state index in [1.165, 1.54) is 0 Å². The molecule has 0 saturated carbocycles. The molecule has 0 bridgehead atoms. The molecule has 0 aromatic heterocycles. The molecule has 1 saturated heterocycles. The first kappa shape index (κ1) is 11.9. The second-order valence-corrected chi connectivity index (χ2v) is 4.23. The maximum atomic E-state index is 9.64. The SMILES string of the molecule is CC(C)N(CCO)CC1NCCC1O. The Hall–Kier alpha value is -0.160. The van der Waals surface area contributed by atoms with Crippen LogP contribution in [0.1, 0.15) is 20.3 Å². The van der Waals surface area contributed by atoms with Gasteiger partial charge in [0.2, 0.25) is 0 Å². The lowest BCUT2D eigenvalue weighted by molar-refractivity contribution is 0.105. The molecular formula is C10H22N2O2. The summed E-state index contributed by atoms with van der Waals surface area (Å²) in [6, 6.07) is 0.584. The number of rotatable bonds is 5. The van der Waals surface area contributed by atoms with Crippen LogP contribution >= 0.6 is 0 Å². The lowest BCUT2D eigenvalue weighted by atomic mass is 10.1. The van der Waals surface area contributed by atoms with Crippen molar-refractivity contribution in [2.75, 3.05) is 26.2 Å². The maximum Gasteiger partial charge on any atom is 0.0717 e. The first-order valence-corrected chi connectivity index (χ1v) is 5.41. The van der Waals surface area contributed by atoms with Crippen LogP contribution in [0, 0.1) is 0 Å². The van der Waals surface area contributed by atoms with E-state index >= 15 is 0 Å². The molecule has 84 valence electrons. The van der Waals surface area contributed by atoms with E-state index in [0.717, 1.165) is 19.5 Å². The van der Waals surface area contributed by atoms with Crippen molar-refractivity contribution in [3.63, 3.8) is 0 Å². The van der Waals surface area contributed by atoms with E-state index in [0.29, 0.717) is 12.6 Å². The van der Waals surface area contributed by atoms with Gasteiger partial charge in [0.1, 0.15) is 0 Å². The minimum atomic E-state index is -0.227. The zero-order valence-corrected chi connectivity index (χ0v) is 9.11. The summed E-state index contributed by atoms with van der Waals surface area (Å²) in [6.07, 6.45) is 0.616. The summed E-state index contributed by atoms with van der Waals surface area (Å²) < 4.78 is 0. The van der Waals surface area contributed by atoms with E-state index in [-0.39, 0.29) is 18.8 Å². The maximum absolute atomic E-state index is 9.64. The molecule has 1 aliphatic rings. The van der Waals surface area contributed by atoms with Crippen molar-refractivity contribution in [2.24, 2.45) is 0 Å². The number of aliphatic hydroxyl groups excluding tert-OH is 2. The topological polar surface area (TPSA) is 55.7 Å². The monoisotopic (exact) mass is 202 g/mol. The average molecular weight is 202 g/mol. The Kier molecular flexibility index (Phi) is 4.81. The summed E-state index contributed by atoms with van der Waals surface area (Å²) in [4.78, 5) is 2.19. The van der Waals surface area contributed by atoms with Crippen LogP contribution in [0.3, 0.4) is 0 Å². The first-order valence-electron chi connectivity index (χ1n) is 5.41. The third-order valence-electron chi connectivity index (χ3n) is 2.86. The van der Waals surface area contributed by atoms with Crippen molar-refractivity contribution in [1.82, 2.24) is 10.2 Å². The molecule has 0 aliphatic carbocycles. The van der Waals surface area contributed by atoms with E-state index in [1.807, 2.05) is 0 Å². The smallest absolute Gasteiger partial charge is 0.0717 e. The summed E-state index contributed by atoms with van der Waals surface area (Å²) in [5.41, 5.74) is 0. The van der Waals surface area contributed by atoms with Crippen molar-refractivity contribution in [3.8, 4) is 0 Å². The van der Waals surface area contributed by atoms with Crippen molar-refractivity contribution < 1.29 is 10.2 Å². The van der Waals surface area contributed by atoms with Gasteiger partial charge in [0, 0.05) is 25.2 Å². The van der Waals surface area contributed by atoms with Crippen LogP contribution in [0.4, 0.5) is 0 Å². The van der Waals surface area contributed by atoms with E-state index in [4.69, 9.17) is 5.11 Å². The van der Waals surface area contributed by atoms with Gasteiger partial charge in [0.25, 0.3) is 0 Å². The molecule has 1 rings (SSSR count). The minimum absolute atomic E-state index is 0.170. The molecular weight excluding hydrogens is 180 g/mol. The van der Waals surface area contributed by atoms with Gasteiger partial charge in [0.05, 0.1) is 12.7 Å².